The summed E-state index contributed by atoms with van der Waals surface area (Å²) in [7, 11) is 0. The molecular weight excluding hydrogens is 569 g/mol. The Balaban J connectivity index is 1.53. The Bertz CT molecular complexity index is 894. The largest absolute Gasteiger partial charge is 0.507 e. The minimum atomic E-state index is 0.322. The van der Waals surface area contributed by atoms with E-state index in [9.17, 15) is 10.2 Å². The average molecular weight is 639 g/mol. The molecule has 3 heteroatoms. The van der Waals surface area contributed by atoms with Crippen molar-refractivity contribution in [1.82, 2.24) is 0 Å². The fourth-order valence-corrected chi connectivity index (χ4v) is 7.26. The molecule has 2 rings (SSSR count). The van der Waals surface area contributed by atoms with Crippen LogP contribution < -0.4 is 0 Å². The van der Waals surface area contributed by atoms with Crippen LogP contribution in [-0.4, -0.2) is 10.2 Å². The fourth-order valence-electron chi connectivity index (χ4n) is 6.42. The number of benzene rings is 2. The topological polar surface area (TPSA) is 40.5 Å². The highest BCUT2D eigenvalue weighted by Gasteiger charge is 2.10. The molecule has 0 aromatic heterocycles. The predicted octanol–water partition coefficient (Wildman–Crippen LogP) is 14.5. The Morgan fingerprint density at radius 3 is 0.911 bits per heavy atom. The minimum Gasteiger partial charge on any atom is -0.507 e. The molecule has 2 aromatic carbocycles. The van der Waals surface area contributed by atoms with E-state index >= 15 is 0 Å². The van der Waals surface area contributed by atoms with E-state index < -0.39 is 0 Å². The van der Waals surface area contributed by atoms with Crippen LogP contribution in [0.3, 0.4) is 0 Å². The van der Waals surface area contributed by atoms with Gasteiger partial charge in [0.25, 0.3) is 0 Å². The summed E-state index contributed by atoms with van der Waals surface area (Å²) in [4.78, 5) is 1.62. The molecule has 0 aliphatic rings. The number of unbranched alkanes of at least 4 members (excludes halogenated alkanes) is 24. The van der Waals surface area contributed by atoms with Crippen molar-refractivity contribution in [1.29, 1.82) is 0 Å². The van der Waals surface area contributed by atoms with Crippen LogP contribution in [0.25, 0.3) is 0 Å². The third-order valence-electron chi connectivity index (χ3n) is 9.40. The van der Waals surface area contributed by atoms with Crippen molar-refractivity contribution in [3.63, 3.8) is 0 Å². The number of rotatable bonds is 30. The second-order valence-corrected chi connectivity index (χ2v) is 14.8. The molecule has 0 fully saturated rings. The molecule has 0 aliphatic carbocycles. The smallest absolute Gasteiger partial charge is 0.129 e. The van der Waals surface area contributed by atoms with Gasteiger partial charge in [0.15, 0.2) is 0 Å². The highest BCUT2D eigenvalue weighted by atomic mass is 32.2. The Morgan fingerprint density at radius 2 is 0.644 bits per heavy atom. The lowest BCUT2D eigenvalue weighted by Crippen LogP contribution is -1.89. The lowest BCUT2D eigenvalue weighted by Gasteiger charge is -2.10. The summed E-state index contributed by atoms with van der Waals surface area (Å²) in [6, 6.07) is 12.1. The van der Waals surface area contributed by atoms with Crippen molar-refractivity contribution in [2.45, 2.75) is 203 Å². The first-order valence-corrected chi connectivity index (χ1v) is 20.3. The summed E-state index contributed by atoms with van der Waals surface area (Å²) in [5.74, 6) is 0.644. The van der Waals surface area contributed by atoms with Gasteiger partial charge in [0, 0.05) is 0 Å². The molecule has 0 aliphatic heterocycles. The Labute approximate surface area is 283 Å². The highest BCUT2D eigenvalue weighted by molar-refractivity contribution is 7.99. The van der Waals surface area contributed by atoms with Crippen molar-refractivity contribution in [3.05, 3.63) is 47.5 Å². The molecular formula is C42H70O2S. The van der Waals surface area contributed by atoms with Gasteiger partial charge in [-0.05, 0) is 61.1 Å². The maximum atomic E-state index is 10.7. The van der Waals surface area contributed by atoms with Crippen LogP contribution in [0.2, 0.25) is 0 Å². The van der Waals surface area contributed by atoms with Crippen LogP contribution >= 0.6 is 11.8 Å². The molecule has 0 atom stereocenters. The number of phenolic OH excluding ortho intramolecular Hbond substituents is 2. The summed E-state index contributed by atoms with van der Waals surface area (Å²) in [5, 5.41) is 21.4. The zero-order valence-corrected chi connectivity index (χ0v) is 30.4. The van der Waals surface area contributed by atoms with E-state index in [1.807, 2.05) is 24.3 Å². The van der Waals surface area contributed by atoms with Gasteiger partial charge >= 0.3 is 0 Å². The number of hydrogen-bond acceptors (Lipinski definition) is 3. The van der Waals surface area contributed by atoms with Crippen molar-refractivity contribution in [2.75, 3.05) is 0 Å². The van der Waals surface area contributed by atoms with Gasteiger partial charge in [-0.2, -0.15) is 0 Å². The molecule has 256 valence electrons. The first-order chi connectivity index (χ1) is 22.1. The van der Waals surface area contributed by atoms with E-state index in [0.717, 1.165) is 22.6 Å². The molecule has 0 saturated heterocycles. The number of aryl methyl sites for hydroxylation is 2. The van der Waals surface area contributed by atoms with Gasteiger partial charge in [0.1, 0.15) is 11.5 Å². The van der Waals surface area contributed by atoms with Crippen LogP contribution in [0.1, 0.15) is 192 Å². The van der Waals surface area contributed by atoms with E-state index in [0.29, 0.717) is 11.5 Å². The van der Waals surface area contributed by atoms with Crippen LogP contribution in [-0.2, 0) is 12.8 Å². The standard InChI is InChI=1S/C42H70O2S/c1-3-5-7-9-11-13-15-17-19-21-23-25-27-29-37-31-33-41(39(43)35-37)45-42-34-32-38(36-40(42)44)30-28-26-24-22-20-18-16-14-12-10-8-6-4-2/h31-36,43-44H,3-30H2,1-2H3. The first kappa shape index (κ1) is 39.6. The van der Waals surface area contributed by atoms with Gasteiger partial charge < -0.3 is 10.2 Å². The maximum Gasteiger partial charge on any atom is 0.129 e. The average Bonchev–Trinajstić information content (AvgIpc) is 3.04. The Kier molecular flexibility index (Phi) is 24.2. The monoisotopic (exact) mass is 639 g/mol. The normalized spacial score (nSPS) is 11.4. The SMILES string of the molecule is CCCCCCCCCCCCCCCc1ccc(Sc2ccc(CCCCCCCCCCCCCCC)cc2O)c(O)c1. The van der Waals surface area contributed by atoms with Crippen molar-refractivity contribution in [3.8, 4) is 11.5 Å². The molecule has 2 N–H and O–H groups in total. The lowest BCUT2D eigenvalue weighted by atomic mass is 10.0. The third kappa shape index (κ3) is 20.3. The van der Waals surface area contributed by atoms with Gasteiger partial charge in [0.2, 0.25) is 0 Å². The molecule has 0 bridgehead atoms. The van der Waals surface area contributed by atoms with Gasteiger partial charge in [-0.3, -0.25) is 0 Å². The summed E-state index contributed by atoms with van der Waals surface area (Å²) < 4.78 is 0. The van der Waals surface area contributed by atoms with E-state index in [1.54, 1.807) is 0 Å². The van der Waals surface area contributed by atoms with Crippen LogP contribution in [0.15, 0.2) is 46.2 Å². The van der Waals surface area contributed by atoms with E-state index in [2.05, 4.69) is 26.0 Å². The molecule has 2 nitrogen and oxygen atoms in total. The number of hydrogen-bond donors (Lipinski definition) is 2. The van der Waals surface area contributed by atoms with Crippen LogP contribution in [0, 0.1) is 0 Å². The quantitative estimate of drug-likeness (QED) is 0.0836. The Hall–Kier alpha value is -1.61. The summed E-state index contributed by atoms with van der Waals surface area (Å²) in [5.41, 5.74) is 2.41. The van der Waals surface area contributed by atoms with Gasteiger partial charge in [-0.25, -0.2) is 0 Å². The Morgan fingerprint density at radius 1 is 0.378 bits per heavy atom. The second kappa shape index (κ2) is 27.5. The minimum absolute atomic E-state index is 0.322. The first-order valence-electron chi connectivity index (χ1n) is 19.5. The van der Waals surface area contributed by atoms with Crippen LogP contribution in [0.5, 0.6) is 11.5 Å². The third-order valence-corrected chi connectivity index (χ3v) is 10.5. The van der Waals surface area contributed by atoms with Gasteiger partial charge in [0.05, 0.1) is 9.79 Å². The molecule has 0 spiro atoms. The fraction of sp³-hybridized carbons (Fsp3) is 0.714. The van der Waals surface area contributed by atoms with E-state index in [4.69, 9.17) is 0 Å². The molecule has 0 heterocycles. The second-order valence-electron chi connectivity index (χ2n) is 13.7. The van der Waals surface area contributed by atoms with Crippen molar-refractivity contribution in [2.24, 2.45) is 0 Å². The van der Waals surface area contributed by atoms with Gasteiger partial charge in [-0.1, -0.05) is 192 Å². The van der Waals surface area contributed by atoms with Crippen LogP contribution in [0.4, 0.5) is 0 Å². The number of phenols is 2. The summed E-state index contributed by atoms with van der Waals surface area (Å²) in [6.45, 7) is 4.57. The summed E-state index contributed by atoms with van der Waals surface area (Å²) in [6.07, 6.45) is 37.6. The highest BCUT2D eigenvalue weighted by Crippen LogP contribution is 2.39. The molecule has 0 saturated carbocycles. The van der Waals surface area contributed by atoms with Crippen molar-refractivity contribution >= 4 is 11.8 Å². The summed E-state index contributed by atoms with van der Waals surface area (Å²) >= 11 is 1.45. The molecule has 0 amide bonds. The lowest BCUT2D eigenvalue weighted by molar-refractivity contribution is 0.458. The van der Waals surface area contributed by atoms with E-state index in [1.165, 1.54) is 190 Å². The molecule has 45 heavy (non-hydrogen) atoms. The number of aromatic hydroxyl groups is 2. The van der Waals surface area contributed by atoms with E-state index in [-0.39, 0.29) is 0 Å². The van der Waals surface area contributed by atoms with Gasteiger partial charge in [-0.15, -0.1) is 0 Å². The maximum absolute atomic E-state index is 10.7. The molecule has 0 unspecified atom stereocenters. The molecule has 0 radical (unpaired) electrons. The van der Waals surface area contributed by atoms with Crippen molar-refractivity contribution < 1.29 is 10.2 Å². The zero-order valence-electron chi connectivity index (χ0n) is 29.6. The predicted molar refractivity (Wildman–Crippen MR) is 199 cm³/mol. The molecule has 2 aromatic rings. The zero-order chi connectivity index (χ0) is 32.2.